The lowest BCUT2D eigenvalue weighted by Crippen LogP contribution is -2.35. The van der Waals surface area contributed by atoms with Crippen molar-refractivity contribution >= 4 is 33.6 Å². The number of benzene rings is 1. The summed E-state index contributed by atoms with van der Waals surface area (Å²) in [5, 5.41) is 9.38. The van der Waals surface area contributed by atoms with Crippen LogP contribution in [0.25, 0.3) is 0 Å². The largest absolute Gasteiger partial charge is 0.481 e. The minimum atomic E-state index is -4.07. The van der Waals surface area contributed by atoms with Gasteiger partial charge in [0.05, 0.1) is 23.0 Å². The van der Waals surface area contributed by atoms with Crippen LogP contribution in [0.4, 0.5) is 0 Å². The van der Waals surface area contributed by atoms with Gasteiger partial charge in [-0.25, -0.2) is 13.2 Å². The Bertz CT molecular complexity index is 763. The van der Waals surface area contributed by atoms with Gasteiger partial charge in [0.2, 0.25) is 10.0 Å². The van der Waals surface area contributed by atoms with Crippen molar-refractivity contribution in [3.63, 3.8) is 0 Å². The Kier molecular flexibility index (Phi) is 4.70. The molecule has 9 heteroatoms. The number of carbonyl (C=O) groups is 2. The normalized spacial score (nSPS) is 22.0. The van der Waals surface area contributed by atoms with E-state index in [0.717, 1.165) is 11.4 Å². The van der Waals surface area contributed by atoms with E-state index in [1.54, 1.807) is 0 Å². The SMILES string of the molecule is COC(=O)c1ccc(Cl)cc1S(=O)(=O)N1CCC(C)(C(=O)O)C1. The second-order valence-corrected chi connectivity index (χ2v) is 7.93. The minimum absolute atomic E-state index is 0.0538. The molecule has 0 radical (unpaired) electrons. The summed E-state index contributed by atoms with van der Waals surface area (Å²) in [6, 6.07) is 3.82. The first kappa shape index (κ1) is 17.7. The van der Waals surface area contributed by atoms with Crippen molar-refractivity contribution in [3.8, 4) is 0 Å². The number of aliphatic carboxylic acids is 1. The van der Waals surface area contributed by atoms with Crippen LogP contribution in [0.5, 0.6) is 0 Å². The van der Waals surface area contributed by atoms with Crippen LogP contribution in [0.1, 0.15) is 23.7 Å². The van der Waals surface area contributed by atoms with Crippen LogP contribution in [-0.2, 0) is 19.6 Å². The van der Waals surface area contributed by atoms with E-state index < -0.39 is 27.4 Å². The highest BCUT2D eigenvalue weighted by atomic mass is 35.5. The van der Waals surface area contributed by atoms with E-state index in [2.05, 4.69) is 4.74 Å². The van der Waals surface area contributed by atoms with Gasteiger partial charge in [-0.05, 0) is 31.5 Å². The van der Waals surface area contributed by atoms with E-state index >= 15 is 0 Å². The molecule has 1 atom stereocenters. The summed E-state index contributed by atoms with van der Waals surface area (Å²) in [7, 11) is -2.92. The third-order valence-electron chi connectivity index (χ3n) is 3.92. The maximum atomic E-state index is 12.8. The van der Waals surface area contributed by atoms with Gasteiger partial charge in [0, 0.05) is 18.1 Å². The maximum absolute atomic E-state index is 12.8. The molecule has 1 fully saturated rings. The van der Waals surface area contributed by atoms with Crippen LogP contribution in [0, 0.1) is 5.41 Å². The van der Waals surface area contributed by atoms with Gasteiger partial charge in [0.15, 0.2) is 0 Å². The van der Waals surface area contributed by atoms with Crippen LogP contribution in [0.15, 0.2) is 23.1 Å². The van der Waals surface area contributed by atoms with Gasteiger partial charge in [0.25, 0.3) is 0 Å². The zero-order valence-corrected chi connectivity index (χ0v) is 14.1. The van der Waals surface area contributed by atoms with Crippen LogP contribution >= 0.6 is 11.6 Å². The van der Waals surface area contributed by atoms with E-state index in [1.807, 2.05) is 0 Å². The molecule has 2 rings (SSSR count). The summed E-state index contributed by atoms with van der Waals surface area (Å²) in [4.78, 5) is 22.8. The van der Waals surface area contributed by atoms with E-state index in [0.29, 0.717) is 0 Å². The molecule has 1 aliphatic heterocycles. The standard InChI is InChI=1S/C14H16ClNO6S/c1-14(13(18)19)5-6-16(8-14)23(20,21)11-7-9(15)3-4-10(11)12(17)22-2/h3-4,7H,5-6,8H2,1-2H3,(H,18,19). The zero-order chi connectivity index (χ0) is 17.4. The Hall–Kier alpha value is -1.64. The van der Waals surface area contributed by atoms with Crippen molar-refractivity contribution in [2.45, 2.75) is 18.2 Å². The van der Waals surface area contributed by atoms with Crippen LogP contribution < -0.4 is 0 Å². The third kappa shape index (κ3) is 3.19. The summed E-state index contributed by atoms with van der Waals surface area (Å²) in [5.41, 5.74) is -1.29. The van der Waals surface area contributed by atoms with Gasteiger partial charge in [-0.1, -0.05) is 11.6 Å². The summed E-state index contributed by atoms with van der Waals surface area (Å²) in [6.07, 6.45) is 0.190. The molecule has 0 aliphatic carbocycles. The average molecular weight is 362 g/mol. The molecule has 1 saturated heterocycles. The first-order chi connectivity index (χ1) is 10.6. The highest BCUT2D eigenvalue weighted by Crippen LogP contribution is 2.35. The molecular weight excluding hydrogens is 346 g/mol. The van der Waals surface area contributed by atoms with E-state index in [-0.39, 0.29) is 35.0 Å². The van der Waals surface area contributed by atoms with Gasteiger partial charge in [0.1, 0.15) is 0 Å². The Morgan fingerprint density at radius 2 is 2.04 bits per heavy atom. The summed E-state index contributed by atoms with van der Waals surface area (Å²) in [5.74, 6) is -1.87. The van der Waals surface area contributed by atoms with Gasteiger partial charge in [-0.2, -0.15) is 4.31 Å². The number of ether oxygens (including phenoxy) is 1. The van der Waals surface area contributed by atoms with Gasteiger partial charge in [-0.15, -0.1) is 0 Å². The van der Waals surface area contributed by atoms with Crippen molar-refractivity contribution in [1.82, 2.24) is 4.31 Å². The molecule has 1 unspecified atom stereocenters. The topological polar surface area (TPSA) is 101 Å². The molecular formula is C14H16ClNO6S. The molecule has 0 aromatic heterocycles. The Balaban J connectivity index is 2.47. The summed E-state index contributed by atoms with van der Waals surface area (Å²) in [6.45, 7) is 1.38. The molecule has 0 bridgehead atoms. The lowest BCUT2D eigenvalue weighted by molar-refractivity contribution is -0.146. The highest BCUT2D eigenvalue weighted by Gasteiger charge is 2.45. The lowest BCUT2D eigenvalue weighted by atomic mass is 9.90. The highest BCUT2D eigenvalue weighted by molar-refractivity contribution is 7.89. The van der Waals surface area contributed by atoms with Crippen LogP contribution in [0.2, 0.25) is 5.02 Å². The minimum Gasteiger partial charge on any atom is -0.481 e. The molecule has 1 aliphatic rings. The average Bonchev–Trinajstić information content (AvgIpc) is 2.91. The number of hydrogen-bond donors (Lipinski definition) is 1. The Labute approximate surface area is 138 Å². The third-order valence-corrected chi connectivity index (χ3v) is 6.04. The molecule has 126 valence electrons. The number of carboxylic acids is 1. The Morgan fingerprint density at radius 1 is 1.39 bits per heavy atom. The predicted molar refractivity (Wildman–Crippen MR) is 81.9 cm³/mol. The number of rotatable bonds is 4. The molecule has 1 N–H and O–H groups in total. The van der Waals surface area contributed by atoms with Gasteiger partial charge in [-0.3, -0.25) is 4.79 Å². The summed E-state index contributed by atoms with van der Waals surface area (Å²) >= 11 is 5.85. The quantitative estimate of drug-likeness (QED) is 0.817. The van der Waals surface area contributed by atoms with Crippen molar-refractivity contribution in [2.24, 2.45) is 5.41 Å². The first-order valence-electron chi connectivity index (χ1n) is 6.73. The number of methoxy groups -OCH3 is 1. The van der Waals surface area contributed by atoms with E-state index in [9.17, 15) is 23.1 Å². The molecule has 0 amide bonds. The molecule has 0 spiro atoms. The van der Waals surface area contributed by atoms with E-state index in [1.165, 1.54) is 25.1 Å². The number of sulfonamides is 1. The fourth-order valence-electron chi connectivity index (χ4n) is 2.43. The summed E-state index contributed by atoms with van der Waals surface area (Å²) < 4.78 is 31.3. The van der Waals surface area contributed by atoms with Crippen LogP contribution in [-0.4, -0.2) is 50.0 Å². The van der Waals surface area contributed by atoms with Crippen molar-refractivity contribution < 1.29 is 27.9 Å². The maximum Gasteiger partial charge on any atom is 0.339 e. The fourth-order valence-corrected chi connectivity index (χ4v) is 4.43. The molecule has 7 nitrogen and oxygen atoms in total. The number of nitrogens with zero attached hydrogens (tertiary/aromatic N) is 1. The van der Waals surface area contributed by atoms with E-state index in [4.69, 9.17) is 11.6 Å². The zero-order valence-electron chi connectivity index (χ0n) is 12.6. The molecule has 23 heavy (non-hydrogen) atoms. The lowest BCUT2D eigenvalue weighted by Gasteiger charge is -2.21. The molecule has 0 saturated carbocycles. The molecule has 1 heterocycles. The number of hydrogen-bond acceptors (Lipinski definition) is 5. The monoisotopic (exact) mass is 361 g/mol. The van der Waals surface area contributed by atoms with Crippen molar-refractivity contribution in [2.75, 3.05) is 20.2 Å². The van der Waals surface area contributed by atoms with Gasteiger partial charge < -0.3 is 9.84 Å². The number of carboxylic acid groups (broad SMARTS) is 1. The Morgan fingerprint density at radius 3 is 2.57 bits per heavy atom. The smallest absolute Gasteiger partial charge is 0.339 e. The fraction of sp³-hybridized carbons (Fsp3) is 0.429. The molecule has 1 aromatic rings. The van der Waals surface area contributed by atoms with Crippen molar-refractivity contribution in [3.05, 3.63) is 28.8 Å². The van der Waals surface area contributed by atoms with Crippen molar-refractivity contribution in [1.29, 1.82) is 0 Å². The second-order valence-electron chi connectivity index (χ2n) is 5.59. The first-order valence-corrected chi connectivity index (χ1v) is 8.55. The molecule has 1 aromatic carbocycles. The number of esters is 1. The second kappa shape index (κ2) is 6.10. The van der Waals surface area contributed by atoms with Crippen LogP contribution in [0.3, 0.4) is 0 Å². The van der Waals surface area contributed by atoms with Gasteiger partial charge >= 0.3 is 11.9 Å². The predicted octanol–water partition coefficient (Wildman–Crippen LogP) is 1.61. The number of halogens is 1. The number of carbonyl (C=O) groups excluding carboxylic acids is 1.